The van der Waals surface area contributed by atoms with E-state index in [2.05, 4.69) is 4.72 Å². The molecule has 2 N–H and O–H groups in total. The molecule has 0 aromatic rings. The molecule has 0 aliphatic rings. The van der Waals surface area contributed by atoms with E-state index in [0.29, 0.717) is 6.54 Å². The first kappa shape index (κ1) is 14.3. The van der Waals surface area contributed by atoms with Crippen LogP contribution in [0.4, 0.5) is 0 Å². The molecule has 0 saturated heterocycles. The number of carboxylic acids is 1. The molecule has 0 aliphatic carbocycles. The van der Waals surface area contributed by atoms with Crippen molar-refractivity contribution >= 4 is 16.0 Å². The van der Waals surface area contributed by atoms with E-state index in [9.17, 15) is 18.3 Å². The first-order chi connectivity index (χ1) is 6.83. The molecule has 90 valence electrons. The van der Waals surface area contributed by atoms with E-state index in [1.807, 2.05) is 14.1 Å². The minimum Gasteiger partial charge on any atom is -0.550 e. The summed E-state index contributed by atoms with van der Waals surface area (Å²) < 4.78 is 24.7. The van der Waals surface area contributed by atoms with Gasteiger partial charge in [0.15, 0.2) is 0 Å². The Morgan fingerprint density at radius 2 is 2.00 bits per heavy atom. The normalized spacial score (nSPS) is 11.9. The van der Waals surface area contributed by atoms with Crippen LogP contribution in [0.1, 0.15) is 12.8 Å². The van der Waals surface area contributed by atoms with E-state index in [1.165, 1.54) is 4.90 Å². The summed E-state index contributed by atoms with van der Waals surface area (Å²) in [5, 5.41) is 10.1. The van der Waals surface area contributed by atoms with Crippen molar-refractivity contribution in [2.75, 3.05) is 32.9 Å². The molecule has 0 spiro atoms. The maximum atomic E-state index is 11.2. The third-order valence-electron chi connectivity index (χ3n) is 1.75. The average molecular weight is 238 g/mol. The van der Waals surface area contributed by atoms with E-state index in [0.717, 1.165) is 13.0 Å². The highest BCUT2D eigenvalue weighted by Crippen LogP contribution is 1.88. The number of hydrogen-bond donors (Lipinski definition) is 2. The van der Waals surface area contributed by atoms with Gasteiger partial charge in [-0.3, -0.25) is 0 Å². The van der Waals surface area contributed by atoms with E-state index >= 15 is 0 Å². The number of aliphatic carboxylic acids is 1. The zero-order chi connectivity index (χ0) is 11.9. The Balaban J connectivity index is 3.70. The highest BCUT2D eigenvalue weighted by atomic mass is 32.2. The van der Waals surface area contributed by atoms with Gasteiger partial charge in [-0.25, -0.2) is 13.1 Å². The van der Waals surface area contributed by atoms with Crippen molar-refractivity contribution in [2.24, 2.45) is 0 Å². The fourth-order valence-corrected chi connectivity index (χ4v) is 1.99. The molecule has 0 aromatic heterocycles. The lowest BCUT2D eigenvalue weighted by Gasteiger charge is -2.08. The SMILES string of the molecule is C[NH+](C)CCCNS(=O)(=O)CCC(=O)[O-]. The number of carbonyl (C=O) groups excluding carboxylic acids is 1. The fraction of sp³-hybridized carbons (Fsp3) is 0.875. The summed E-state index contributed by atoms with van der Waals surface area (Å²) in [4.78, 5) is 11.3. The first-order valence-electron chi connectivity index (χ1n) is 4.80. The Bertz CT molecular complexity index is 287. The molecule has 0 rings (SSSR count). The lowest BCUT2D eigenvalue weighted by molar-refractivity contribution is -0.858. The molecule has 0 unspecified atom stereocenters. The predicted molar refractivity (Wildman–Crippen MR) is 53.7 cm³/mol. The van der Waals surface area contributed by atoms with Gasteiger partial charge in [0.1, 0.15) is 0 Å². The topological polar surface area (TPSA) is 90.7 Å². The summed E-state index contributed by atoms with van der Waals surface area (Å²) in [6.45, 7) is 1.21. The van der Waals surface area contributed by atoms with Gasteiger partial charge in [-0.05, 0) is 0 Å². The Hall–Kier alpha value is -0.660. The van der Waals surface area contributed by atoms with Crippen LogP contribution in [0.5, 0.6) is 0 Å². The number of nitrogens with one attached hydrogen (secondary N) is 2. The summed E-state index contributed by atoms with van der Waals surface area (Å²) in [5.41, 5.74) is 0. The third-order valence-corrected chi connectivity index (χ3v) is 3.14. The molecule has 0 aliphatic heterocycles. The number of rotatable bonds is 8. The van der Waals surface area contributed by atoms with Gasteiger partial charge in [0.05, 0.1) is 26.4 Å². The Morgan fingerprint density at radius 1 is 1.40 bits per heavy atom. The smallest absolute Gasteiger partial charge is 0.211 e. The van der Waals surface area contributed by atoms with Crippen LogP contribution in [-0.4, -0.2) is 47.3 Å². The van der Waals surface area contributed by atoms with Crippen LogP contribution < -0.4 is 14.7 Å². The quantitative estimate of drug-likeness (QED) is 0.431. The molecule has 0 bridgehead atoms. The molecule has 0 amide bonds. The van der Waals surface area contributed by atoms with E-state index in [1.54, 1.807) is 0 Å². The fourth-order valence-electron chi connectivity index (χ4n) is 0.959. The van der Waals surface area contributed by atoms with Crippen molar-refractivity contribution in [3.63, 3.8) is 0 Å². The molecule has 15 heavy (non-hydrogen) atoms. The summed E-state index contributed by atoms with van der Waals surface area (Å²) in [6.07, 6.45) is 0.265. The molecular formula is C8H18N2O4S. The molecule has 0 atom stereocenters. The standard InChI is InChI=1S/C8H18N2O4S/c1-10(2)6-3-5-9-15(13,14)7-4-8(11)12/h9H,3-7H2,1-2H3,(H,11,12). The molecule has 6 nitrogen and oxygen atoms in total. The number of quaternary nitrogens is 1. The summed E-state index contributed by atoms with van der Waals surface area (Å²) in [5.74, 6) is -1.76. The average Bonchev–Trinajstić information content (AvgIpc) is 2.09. The second-order valence-electron chi connectivity index (χ2n) is 3.65. The number of carbonyl (C=O) groups is 1. The lowest BCUT2D eigenvalue weighted by Crippen LogP contribution is -3.05. The van der Waals surface area contributed by atoms with Crippen molar-refractivity contribution in [2.45, 2.75) is 12.8 Å². The molecular weight excluding hydrogens is 220 g/mol. The predicted octanol–water partition coefficient (Wildman–Crippen LogP) is -3.42. The summed E-state index contributed by atoms with van der Waals surface area (Å²) in [7, 11) is 0.499. The minimum absolute atomic E-state index is 0.348. The van der Waals surface area contributed by atoms with Gasteiger partial charge in [-0.15, -0.1) is 0 Å². The van der Waals surface area contributed by atoms with Gasteiger partial charge in [0, 0.05) is 25.4 Å². The number of carboxylic acid groups (broad SMARTS) is 1. The molecule has 0 fully saturated rings. The summed E-state index contributed by atoms with van der Waals surface area (Å²) >= 11 is 0. The van der Waals surface area contributed by atoms with Crippen LogP contribution in [0.15, 0.2) is 0 Å². The Morgan fingerprint density at radius 3 is 2.47 bits per heavy atom. The lowest BCUT2D eigenvalue weighted by atomic mass is 10.4. The van der Waals surface area contributed by atoms with E-state index in [4.69, 9.17) is 0 Å². The minimum atomic E-state index is -3.45. The molecule has 0 heterocycles. The first-order valence-corrected chi connectivity index (χ1v) is 6.45. The van der Waals surface area contributed by atoms with Crippen molar-refractivity contribution in [3.05, 3.63) is 0 Å². The molecule has 0 radical (unpaired) electrons. The molecule has 0 saturated carbocycles. The third kappa shape index (κ3) is 9.64. The van der Waals surface area contributed by atoms with Gasteiger partial charge in [0.2, 0.25) is 10.0 Å². The van der Waals surface area contributed by atoms with Crippen LogP contribution in [0, 0.1) is 0 Å². The second-order valence-corrected chi connectivity index (χ2v) is 5.57. The van der Waals surface area contributed by atoms with Crippen LogP contribution in [-0.2, 0) is 14.8 Å². The van der Waals surface area contributed by atoms with E-state index < -0.39 is 28.2 Å². The van der Waals surface area contributed by atoms with Gasteiger partial charge in [-0.2, -0.15) is 0 Å². The van der Waals surface area contributed by atoms with Crippen molar-refractivity contribution < 1.29 is 23.2 Å². The maximum absolute atomic E-state index is 11.2. The molecule has 0 aromatic carbocycles. The molecule has 7 heteroatoms. The van der Waals surface area contributed by atoms with Crippen molar-refractivity contribution in [1.82, 2.24) is 4.72 Å². The van der Waals surface area contributed by atoms with Crippen molar-refractivity contribution in [3.8, 4) is 0 Å². The number of hydrogen-bond acceptors (Lipinski definition) is 4. The summed E-state index contributed by atoms with van der Waals surface area (Å²) in [6, 6.07) is 0. The van der Waals surface area contributed by atoms with Crippen LogP contribution >= 0.6 is 0 Å². The van der Waals surface area contributed by atoms with Crippen LogP contribution in [0.3, 0.4) is 0 Å². The number of sulfonamides is 1. The Labute approximate surface area is 90.3 Å². The Kier molecular flexibility index (Phi) is 6.46. The van der Waals surface area contributed by atoms with Gasteiger partial charge in [-0.1, -0.05) is 0 Å². The highest BCUT2D eigenvalue weighted by Gasteiger charge is 2.09. The maximum Gasteiger partial charge on any atom is 0.211 e. The van der Waals surface area contributed by atoms with Gasteiger partial charge >= 0.3 is 0 Å². The van der Waals surface area contributed by atoms with Gasteiger partial charge in [0.25, 0.3) is 0 Å². The zero-order valence-corrected chi connectivity index (χ0v) is 9.89. The van der Waals surface area contributed by atoms with Crippen molar-refractivity contribution in [1.29, 1.82) is 0 Å². The van der Waals surface area contributed by atoms with Gasteiger partial charge < -0.3 is 14.8 Å². The van der Waals surface area contributed by atoms with Crippen LogP contribution in [0.25, 0.3) is 0 Å². The second kappa shape index (κ2) is 6.76. The zero-order valence-electron chi connectivity index (χ0n) is 9.08. The highest BCUT2D eigenvalue weighted by molar-refractivity contribution is 7.89. The largest absolute Gasteiger partial charge is 0.550 e. The monoisotopic (exact) mass is 238 g/mol. The van der Waals surface area contributed by atoms with Crippen LogP contribution in [0.2, 0.25) is 0 Å². The van der Waals surface area contributed by atoms with E-state index in [-0.39, 0.29) is 0 Å².